The maximum absolute atomic E-state index is 11.6. The summed E-state index contributed by atoms with van der Waals surface area (Å²) in [6.07, 6.45) is 1.91. The molecule has 0 aromatic rings. The Hall–Kier alpha value is -0.820. The van der Waals surface area contributed by atoms with Crippen LogP contribution >= 0.6 is 11.8 Å². The lowest BCUT2D eigenvalue weighted by atomic mass is 10.6. The van der Waals surface area contributed by atoms with E-state index in [4.69, 9.17) is 18.9 Å². The minimum atomic E-state index is -0.405. The van der Waals surface area contributed by atoms with Crippen molar-refractivity contribution in [1.29, 1.82) is 0 Å². The van der Waals surface area contributed by atoms with Gasteiger partial charge >= 0.3 is 5.97 Å². The third kappa shape index (κ3) is 17.4. The van der Waals surface area contributed by atoms with Gasteiger partial charge in [-0.25, -0.2) is 4.79 Å². The minimum Gasteiger partial charge on any atom is -0.459 e. The van der Waals surface area contributed by atoms with E-state index < -0.39 is 5.97 Å². The average Bonchev–Trinajstić information content (AvgIpc) is 2.57. The van der Waals surface area contributed by atoms with Crippen molar-refractivity contribution in [1.82, 2.24) is 0 Å². The van der Waals surface area contributed by atoms with Crippen LogP contribution in [-0.2, 0) is 23.7 Å². The normalized spacial score (nSPS) is 10.7. The Morgan fingerprint density at radius 2 is 1.48 bits per heavy atom. The van der Waals surface area contributed by atoms with Crippen molar-refractivity contribution in [2.45, 2.75) is 34.6 Å². The summed E-state index contributed by atoms with van der Waals surface area (Å²) in [5.74, 6) is -0.405. The highest BCUT2D eigenvalue weighted by atomic mass is 32.2. The predicted molar refractivity (Wildman–Crippen MR) is 96.6 cm³/mol. The fourth-order valence-corrected chi connectivity index (χ4v) is 1.80. The van der Waals surface area contributed by atoms with E-state index in [-0.39, 0.29) is 6.61 Å². The zero-order valence-electron chi connectivity index (χ0n) is 15.2. The van der Waals surface area contributed by atoms with Gasteiger partial charge in [-0.3, -0.25) is 0 Å². The largest absolute Gasteiger partial charge is 0.459 e. The quantitative estimate of drug-likeness (QED) is 0.287. The molecule has 0 saturated heterocycles. The predicted octanol–water partition coefficient (Wildman–Crippen LogP) is 3.80. The molecule has 0 aromatic heterocycles. The van der Waals surface area contributed by atoms with Crippen molar-refractivity contribution in [2.24, 2.45) is 0 Å². The van der Waals surface area contributed by atoms with Crippen molar-refractivity contribution in [3.05, 3.63) is 22.5 Å². The van der Waals surface area contributed by atoms with E-state index in [9.17, 15) is 4.79 Å². The summed E-state index contributed by atoms with van der Waals surface area (Å²) in [5, 5.41) is 0. The number of ether oxygens (including phenoxy) is 4. The molecule has 136 valence electrons. The highest BCUT2D eigenvalue weighted by molar-refractivity contribution is 8.07. The summed E-state index contributed by atoms with van der Waals surface area (Å²) in [6, 6.07) is 0. The average molecular weight is 349 g/mol. The summed E-state index contributed by atoms with van der Waals surface area (Å²) in [4.78, 5) is 13.0. The van der Waals surface area contributed by atoms with E-state index in [1.807, 2.05) is 40.7 Å². The van der Waals surface area contributed by atoms with Crippen LogP contribution in [0.4, 0.5) is 0 Å². The number of thioether (sulfide) groups is 1. The Labute approximate surface area is 145 Å². The third-order valence-corrected chi connectivity index (χ3v) is 3.30. The summed E-state index contributed by atoms with van der Waals surface area (Å²) in [7, 11) is 0. The lowest BCUT2D eigenvalue weighted by Gasteiger charge is -2.08. The molecule has 0 amide bonds. The number of hydrogen-bond donors (Lipinski definition) is 0. The molecule has 0 rings (SSSR count). The molecular formula is C17H32O5S. The Bertz CT molecular complexity index is 329. The monoisotopic (exact) mass is 348 g/mol. The van der Waals surface area contributed by atoms with Gasteiger partial charge < -0.3 is 18.9 Å². The number of hydrogen-bond acceptors (Lipinski definition) is 6. The van der Waals surface area contributed by atoms with Gasteiger partial charge in [-0.2, -0.15) is 0 Å². The van der Waals surface area contributed by atoms with Gasteiger partial charge in [0.25, 0.3) is 0 Å². The van der Waals surface area contributed by atoms with Crippen LogP contribution < -0.4 is 0 Å². The summed E-state index contributed by atoms with van der Waals surface area (Å²) >= 11 is 1.31. The summed E-state index contributed by atoms with van der Waals surface area (Å²) in [5.41, 5.74) is 0. The van der Waals surface area contributed by atoms with E-state index in [1.54, 1.807) is 0 Å². The number of allylic oxidation sites excluding steroid dienone is 2. The molecule has 0 unspecified atom stereocenters. The first kappa shape index (κ1) is 24.4. The van der Waals surface area contributed by atoms with E-state index in [1.165, 1.54) is 11.8 Å². The summed E-state index contributed by atoms with van der Waals surface area (Å²) < 4.78 is 20.7. The second-order valence-corrected chi connectivity index (χ2v) is 5.32. The first-order valence-corrected chi connectivity index (χ1v) is 8.83. The van der Waals surface area contributed by atoms with Crippen molar-refractivity contribution in [3.8, 4) is 0 Å². The topological polar surface area (TPSA) is 54.0 Å². The molecule has 0 fully saturated rings. The third-order valence-electron chi connectivity index (χ3n) is 2.33. The Morgan fingerprint density at radius 3 is 1.96 bits per heavy atom. The highest BCUT2D eigenvalue weighted by Gasteiger charge is 2.09. The fraction of sp³-hybridized carbons (Fsp3) is 0.706. The van der Waals surface area contributed by atoms with Crippen LogP contribution in [0.15, 0.2) is 22.5 Å². The number of rotatable bonds is 13. The lowest BCUT2D eigenvalue weighted by Crippen LogP contribution is -2.14. The van der Waals surface area contributed by atoms with Crippen molar-refractivity contribution < 1.29 is 23.7 Å². The molecule has 0 radical (unpaired) electrons. The fourth-order valence-electron chi connectivity index (χ4n) is 1.15. The number of esters is 1. The zero-order chi connectivity index (χ0) is 17.9. The van der Waals surface area contributed by atoms with Crippen molar-refractivity contribution >= 4 is 17.7 Å². The maximum Gasteiger partial charge on any atom is 0.344 e. The van der Waals surface area contributed by atoms with Gasteiger partial charge in [-0.1, -0.05) is 38.3 Å². The molecule has 0 aliphatic rings. The molecule has 0 spiro atoms. The van der Waals surface area contributed by atoms with Crippen molar-refractivity contribution in [2.75, 3.05) is 46.2 Å². The molecular weight excluding hydrogens is 316 g/mol. The van der Waals surface area contributed by atoms with Crippen LogP contribution in [0.2, 0.25) is 0 Å². The maximum atomic E-state index is 11.6. The number of carbonyl (C=O) groups is 1. The molecule has 0 bridgehead atoms. The second-order valence-electron chi connectivity index (χ2n) is 3.98. The molecule has 0 atom stereocenters. The molecule has 6 heteroatoms. The lowest BCUT2D eigenvalue weighted by molar-refractivity contribution is -0.139. The van der Waals surface area contributed by atoms with Crippen LogP contribution in [0.1, 0.15) is 34.6 Å². The molecule has 0 aliphatic carbocycles. The zero-order valence-corrected chi connectivity index (χ0v) is 16.0. The highest BCUT2D eigenvalue weighted by Crippen LogP contribution is 2.23. The van der Waals surface area contributed by atoms with Crippen molar-refractivity contribution in [3.63, 3.8) is 0 Å². The summed E-state index contributed by atoms with van der Waals surface area (Å²) in [6.45, 7) is 16.8. The van der Waals surface area contributed by atoms with Gasteiger partial charge in [0.1, 0.15) is 6.61 Å². The molecule has 5 nitrogen and oxygen atoms in total. The number of carbonyl (C=O) groups excluding carboxylic acids is 1. The second kappa shape index (κ2) is 19.2. The van der Waals surface area contributed by atoms with E-state index in [0.717, 1.165) is 4.91 Å². The van der Waals surface area contributed by atoms with Crippen LogP contribution in [0.5, 0.6) is 0 Å². The minimum absolute atomic E-state index is 0.215. The first-order chi connectivity index (χ1) is 11.1. The SMILES string of the molecule is C=C(S/C(C)=C\C)C(=O)OCCOCCOCCOCC.CC. The van der Waals surface area contributed by atoms with Gasteiger partial charge in [0.15, 0.2) is 0 Å². The van der Waals surface area contributed by atoms with Gasteiger partial charge in [0.2, 0.25) is 0 Å². The van der Waals surface area contributed by atoms with Crippen LogP contribution in [0, 0.1) is 0 Å². The van der Waals surface area contributed by atoms with Gasteiger partial charge in [0.05, 0.1) is 37.9 Å². The molecule has 0 N–H and O–H groups in total. The molecule has 23 heavy (non-hydrogen) atoms. The van der Waals surface area contributed by atoms with Gasteiger partial charge in [0, 0.05) is 6.61 Å². The smallest absolute Gasteiger partial charge is 0.344 e. The molecule has 0 aromatic carbocycles. The standard InChI is InChI=1S/C15H26O5S.C2H6/c1-5-13(3)21-14(4)15(16)20-12-11-19-10-9-18-8-7-17-6-2;1-2/h5H,4,6-12H2,1-3H3;1-2H3/b13-5-;. The Kier molecular flexibility index (Phi) is 20.4. The molecule has 0 aliphatic heterocycles. The molecule has 0 heterocycles. The van der Waals surface area contributed by atoms with Gasteiger partial charge in [-0.15, -0.1) is 0 Å². The van der Waals surface area contributed by atoms with E-state index >= 15 is 0 Å². The molecule has 0 saturated carbocycles. The van der Waals surface area contributed by atoms with Crippen LogP contribution in [0.3, 0.4) is 0 Å². The van der Waals surface area contributed by atoms with Crippen LogP contribution in [-0.4, -0.2) is 52.2 Å². The Balaban J connectivity index is 0. The Morgan fingerprint density at radius 1 is 1.00 bits per heavy atom. The first-order valence-electron chi connectivity index (χ1n) is 8.01. The van der Waals surface area contributed by atoms with E-state index in [0.29, 0.717) is 44.5 Å². The van der Waals surface area contributed by atoms with E-state index in [2.05, 4.69) is 6.58 Å². The van der Waals surface area contributed by atoms with Crippen LogP contribution in [0.25, 0.3) is 0 Å². The van der Waals surface area contributed by atoms with Gasteiger partial charge in [-0.05, 0) is 25.7 Å².